The molecule has 0 aromatic rings. The standard InChI is InChI=1S/C9H5F11O5S/c1-5(3(10)4(11)12)23-2-6(13,24-5)7(14,15)25-8(16,17)9(18,19)26(20,21)22/h2H2,1H3. The molecule has 0 saturated carbocycles. The molecular weight excluding hydrogens is 429 g/mol. The first kappa shape index (κ1) is 22.8. The molecule has 2 unspecified atom stereocenters. The highest BCUT2D eigenvalue weighted by Gasteiger charge is 2.76. The molecule has 0 aromatic carbocycles. The molecular formula is C9H5F11O5S. The van der Waals surface area contributed by atoms with Gasteiger partial charge < -0.3 is 4.74 Å². The smallest absolute Gasteiger partial charge is 0.338 e. The number of halogens is 11. The Bertz CT molecular complexity index is 703. The lowest BCUT2D eigenvalue weighted by molar-refractivity contribution is -0.468. The fourth-order valence-corrected chi connectivity index (χ4v) is 1.79. The fourth-order valence-electron chi connectivity index (χ4n) is 1.46. The van der Waals surface area contributed by atoms with Crippen molar-refractivity contribution in [1.29, 1.82) is 0 Å². The lowest BCUT2D eigenvalue weighted by atomic mass is 10.3. The van der Waals surface area contributed by atoms with Crippen LogP contribution in [0, 0.1) is 0 Å². The van der Waals surface area contributed by atoms with Crippen molar-refractivity contribution in [2.75, 3.05) is 6.61 Å². The van der Waals surface area contributed by atoms with Gasteiger partial charge in [0.1, 0.15) is 6.61 Å². The number of alkyl halides is 7. The summed E-state index contributed by atoms with van der Waals surface area (Å²) in [6, 6.07) is 0. The Morgan fingerprint density at radius 3 is 1.92 bits per heavy atom. The summed E-state index contributed by atoms with van der Waals surface area (Å²) in [5.74, 6) is -11.4. The van der Waals surface area contributed by atoms with Crippen LogP contribution in [0.5, 0.6) is 0 Å². The van der Waals surface area contributed by atoms with E-state index in [1.807, 2.05) is 0 Å². The molecule has 0 amide bonds. The van der Waals surface area contributed by atoms with Gasteiger partial charge in [-0.3, -0.25) is 4.74 Å². The summed E-state index contributed by atoms with van der Waals surface area (Å²) in [5.41, 5.74) is 0. The second-order valence-corrected chi connectivity index (χ2v) is 6.12. The molecule has 1 saturated heterocycles. The van der Waals surface area contributed by atoms with Crippen molar-refractivity contribution in [1.82, 2.24) is 0 Å². The molecule has 0 aromatic heterocycles. The topological polar surface area (TPSA) is 61.8 Å². The van der Waals surface area contributed by atoms with Crippen LogP contribution in [-0.4, -0.2) is 44.1 Å². The third-order valence-electron chi connectivity index (χ3n) is 2.79. The lowest BCUT2D eigenvalue weighted by Gasteiger charge is -2.33. The van der Waals surface area contributed by atoms with E-state index in [1.54, 1.807) is 0 Å². The average Bonchev–Trinajstić information content (AvgIpc) is 2.74. The van der Waals surface area contributed by atoms with Gasteiger partial charge in [0.2, 0.25) is 11.6 Å². The summed E-state index contributed by atoms with van der Waals surface area (Å²) in [6.07, 6.45) is -16.4. The second-order valence-electron chi connectivity index (χ2n) is 4.73. The van der Waals surface area contributed by atoms with E-state index in [9.17, 15) is 56.2 Å². The Balaban J connectivity index is 3.21. The lowest BCUT2D eigenvalue weighted by Crippen LogP contribution is -2.57. The number of hydrogen-bond donors (Lipinski definition) is 0. The molecule has 1 heterocycles. The molecule has 17 heteroatoms. The molecule has 1 fully saturated rings. The van der Waals surface area contributed by atoms with Crippen LogP contribution in [0.1, 0.15) is 6.92 Å². The van der Waals surface area contributed by atoms with E-state index in [4.69, 9.17) is 0 Å². The quantitative estimate of drug-likeness (QED) is 0.473. The maximum Gasteiger partial charge on any atom is 0.464 e. The van der Waals surface area contributed by atoms with Crippen LogP contribution in [-0.2, 0) is 24.4 Å². The Kier molecular flexibility index (Phi) is 5.42. The van der Waals surface area contributed by atoms with Gasteiger partial charge in [-0.2, -0.15) is 52.3 Å². The monoisotopic (exact) mass is 434 g/mol. The van der Waals surface area contributed by atoms with Crippen LogP contribution in [0.2, 0.25) is 0 Å². The Morgan fingerprint density at radius 2 is 1.54 bits per heavy atom. The summed E-state index contributed by atoms with van der Waals surface area (Å²) in [6.45, 7) is -2.21. The van der Waals surface area contributed by atoms with Gasteiger partial charge in [0.25, 0.3) is 0 Å². The average molecular weight is 434 g/mol. The van der Waals surface area contributed by atoms with Gasteiger partial charge in [0.05, 0.1) is 0 Å². The van der Waals surface area contributed by atoms with Crippen LogP contribution < -0.4 is 0 Å². The van der Waals surface area contributed by atoms with Crippen LogP contribution >= 0.6 is 0 Å². The minimum absolute atomic E-state index is 0.0949. The molecule has 26 heavy (non-hydrogen) atoms. The maximum atomic E-state index is 13.9. The molecule has 0 bridgehead atoms. The van der Waals surface area contributed by atoms with E-state index < -0.39 is 57.9 Å². The summed E-state index contributed by atoms with van der Waals surface area (Å²) >= 11 is 0. The summed E-state index contributed by atoms with van der Waals surface area (Å²) < 4.78 is 171. The van der Waals surface area contributed by atoms with Crippen LogP contribution in [0.3, 0.4) is 0 Å². The summed E-state index contributed by atoms with van der Waals surface area (Å²) in [4.78, 5) is 0. The molecule has 5 nitrogen and oxygen atoms in total. The van der Waals surface area contributed by atoms with E-state index in [-0.39, 0.29) is 6.92 Å². The largest absolute Gasteiger partial charge is 0.464 e. The fraction of sp³-hybridized carbons (Fsp3) is 0.778. The number of rotatable bonds is 6. The van der Waals surface area contributed by atoms with Gasteiger partial charge in [-0.1, -0.05) is 3.89 Å². The second kappa shape index (κ2) is 6.16. The molecule has 0 aliphatic carbocycles. The Morgan fingerprint density at radius 1 is 1.08 bits per heavy atom. The maximum absolute atomic E-state index is 13.9. The van der Waals surface area contributed by atoms with Crippen LogP contribution in [0.15, 0.2) is 11.9 Å². The molecule has 1 aliphatic heterocycles. The Labute approximate surface area is 136 Å². The molecule has 2 atom stereocenters. The van der Waals surface area contributed by atoms with Crippen molar-refractivity contribution in [3.05, 3.63) is 11.9 Å². The van der Waals surface area contributed by atoms with E-state index in [0.29, 0.717) is 0 Å². The molecule has 154 valence electrons. The third-order valence-corrected chi connectivity index (χ3v) is 3.64. The molecule has 1 rings (SSSR count). The molecule has 0 N–H and O–H groups in total. The number of ether oxygens (including phenoxy) is 3. The highest BCUT2D eigenvalue weighted by atomic mass is 32.3. The minimum Gasteiger partial charge on any atom is -0.338 e. The molecule has 0 spiro atoms. The zero-order valence-corrected chi connectivity index (χ0v) is 12.6. The first-order valence-electron chi connectivity index (χ1n) is 5.74. The predicted molar refractivity (Wildman–Crippen MR) is 55.6 cm³/mol. The van der Waals surface area contributed by atoms with E-state index >= 15 is 0 Å². The van der Waals surface area contributed by atoms with Crippen LogP contribution in [0.4, 0.5) is 47.8 Å². The van der Waals surface area contributed by atoms with Gasteiger partial charge in [0, 0.05) is 0 Å². The highest BCUT2D eigenvalue weighted by molar-refractivity contribution is 7.87. The molecule has 0 radical (unpaired) electrons. The summed E-state index contributed by atoms with van der Waals surface area (Å²) in [7, 11) is -7.53. The zero-order valence-electron chi connectivity index (χ0n) is 11.8. The van der Waals surface area contributed by atoms with Crippen molar-refractivity contribution < 1.29 is 70.4 Å². The van der Waals surface area contributed by atoms with Gasteiger partial charge in [0.15, 0.2) is 0 Å². The zero-order chi connectivity index (χ0) is 21.0. The molecule has 1 aliphatic rings. The van der Waals surface area contributed by atoms with E-state index in [0.717, 1.165) is 0 Å². The predicted octanol–water partition coefficient (Wildman–Crippen LogP) is 3.59. The van der Waals surface area contributed by atoms with E-state index in [1.165, 1.54) is 0 Å². The van der Waals surface area contributed by atoms with E-state index in [2.05, 4.69) is 14.2 Å². The van der Waals surface area contributed by atoms with Gasteiger partial charge >= 0.3 is 39.6 Å². The van der Waals surface area contributed by atoms with Gasteiger partial charge in [-0.25, -0.2) is 4.74 Å². The van der Waals surface area contributed by atoms with Crippen molar-refractivity contribution in [2.45, 2.75) is 36.0 Å². The van der Waals surface area contributed by atoms with Crippen molar-refractivity contribution in [2.24, 2.45) is 0 Å². The van der Waals surface area contributed by atoms with Crippen LogP contribution in [0.25, 0.3) is 0 Å². The van der Waals surface area contributed by atoms with Crippen molar-refractivity contribution in [3.63, 3.8) is 0 Å². The summed E-state index contributed by atoms with van der Waals surface area (Å²) in [5, 5.41) is -6.90. The first-order chi connectivity index (χ1) is 11.2. The van der Waals surface area contributed by atoms with Gasteiger partial charge in [-0.05, 0) is 6.92 Å². The minimum atomic E-state index is -7.53. The SMILES string of the molecule is CC1(C(F)=C(F)F)OCC(F)(C(F)(F)OC(F)(F)C(F)(F)S(=O)(=O)F)O1. The van der Waals surface area contributed by atoms with Gasteiger partial charge in [-0.15, -0.1) is 0 Å². The first-order valence-corrected chi connectivity index (χ1v) is 7.13. The van der Waals surface area contributed by atoms with Crippen molar-refractivity contribution in [3.8, 4) is 0 Å². The number of hydrogen-bond acceptors (Lipinski definition) is 5. The normalized spacial score (nSPS) is 28.3. The third kappa shape index (κ3) is 3.61. The van der Waals surface area contributed by atoms with Crippen molar-refractivity contribution >= 4 is 10.2 Å². The Hall–Kier alpha value is -1.20. The highest BCUT2D eigenvalue weighted by Crippen LogP contribution is 2.51.